The highest BCUT2D eigenvalue weighted by molar-refractivity contribution is 6.34. The molecule has 0 aliphatic heterocycles. The van der Waals surface area contributed by atoms with Gasteiger partial charge in [-0.1, -0.05) is 29.8 Å². The molecule has 1 amide bonds. The zero-order valence-electron chi connectivity index (χ0n) is 17.0. The predicted molar refractivity (Wildman–Crippen MR) is 116 cm³/mol. The molecular weight excluding hydrogens is 418 g/mol. The zero-order valence-corrected chi connectivity index (χ0v) is 17.8. The Kier molecular flexibility index (Phi) is 5.86. The van der Waals surface area contributed by atoms with Crippen LogP contribution in [0.1, 0.15) is 44.3 Å². The number of hydrogen-bond acceptors (Lipinski definition) is 6. The SMILES string of the molecule is COc1ccc([C@@H]2CC(=O)c3cnc(NC(=O)c4ccccc4Cl)nc3C2)c(OC)c1. The largest absolute Gasteiger partial charge is 0.497 e. The summed E-state index contributed by atoms with van der Waals surface area (Å²) in [4.78, 5) is 33.9. The van der Waals surface area contributed by atoms with E-state index in [1.807, 2.05) is 12.1 Å². The van der Waals surface area contributed by atoms with Crippen molar-refractivity contribution in [2.24, 2.45) is 0 Å². The van der Waals surface area contributed by atoms with Crippen LogP contribution in [0.5, 0.6) is 11.5 Å². The van der Waals surface area contributed by atoms with Crippen molar-refractivity contribution in [1.29, 1.82) is 0 Å². The number of ether oxygens (including phenoxy) is 2. The molecule has 7 nitrogen and oxygen atoms in total. The average molecular weight is 438 g/mol. The smallest absolute Gasteiger partial charge is 0.259 e. The van der Waals surface area contributed by atoms with Crippen molar-refractivity contribution in [1.82, 2.24) is 9.97 Å². The van der Waals surface area contributed by atoms with Crippen molar-refractivity contribution in [3.8, 4) is 11.5 Å². The minimum absolute atomic E-state index is 0.0481. The number of rotatable bonds is 5. The molecule has 0 saturated heterocycles. The minimum atomic E-state index is -0.416. The Labute approximate surface area is 184 Å². The first kappa shape index (κ1) is 20.8. The highest BCUT2D eigenvalue weighted by Crippen LogP contribution is 2.38. The Morgan fingerprint density at radius 2 is 1.94 bits per heavy atom. The van der Waals surface area contributed by atoms with Crippen molar-refractivity contribution in [2.75, 3.05) is 19.5 Å². The number of carbonyl (C=O) groups excluding carboxylic acids is 2. The summed E-state index contributed by atoms with van der Waals surface area (Å²) < 4.78 is 10.8. The molecule has 31 heavy (non-hydrogen) atoms. The molecule has 1 atom stereocenters. The number of nitrogens with one attached hydrogen (secondary N) is 1. The number of halogens is 1. The maximum atomic E-state index is 12.7. The number of Topliss-reactive ketones (excluding diaryl/α,β-unsaturated/α-hetero) is 1. The highest BCUT2D eigenvalue weighted by Gasteiger charge is 2.30. The Balaban J connectivity index is 1.61. The van der Waals surface area contributed by atoms with Gasteiger partial charge in [0.15, 0.2) is 5.78 Å². The van der Waals surface area contributed by atoms with Gasteiger partial charge in [0.1, 0.15) is 11.5 Å². The van der Waals surface area contributed by atoms with Gasteiger partial charge in [0.05, 0.1) is 36.1 Å². The molecule has 3 aromatic rings. The summed E-state index contributed by atoms with van der Waals surface area (Å²) in [7, 11) is 3.17. The first-order valence-electron chi connectivity index (χ1n) is 9.67. The van der Waals surface area contributed by atoms with Gasteiger partial charge in [-0.2, -0.15) is 0 Å². The Morgan fingerprint density at radius 3 is 2.68 bits per heavy atom. The molecule has 0 saturated carbocycles. The fraction of sp³-hybridized carbons (Fsp3) is 0.217. The van der Waals surface area contributed by atoms with Crippen LogP contribution in [0.15, 0.2) is 48.7 Å². The number of nitrogens with zero attached hydrogens (tertiary/aromatic N) is 2. The van der Waals surface area contributed by atoms with Gasteiger partial charge in [-0.3, -0.25) is 14.9 Å². The third-order valence-electron chi connectivity index (χ3n) is 5.26. The molecule has 0 spiro atoms. The van der Waals surface area contributed by atoms with Crippen LogP contribution in [0.25, 0.3) is 0 Å². The Morgan fingerprint density at radius 1 is 1.13 bits per heavy atom. The number of amides is 1. The van der Waals surface area contributed by atoms with Crippen LogP contribution in [0, 0.1) is 0 Å². The molecule has 2 aromatic carbocycles. The first-order valence-corrected chi connectivity index (χ1v) is 10.0. The molecule has 1 aliphatic rings. The number of aromatic nitrogens is 2. The third-order valence-corrected chi connectivity index (χ3v) is 5.59. The van der Waals surface area contributed by atoms with E-state index >= 15 is 0 Å². The van der Waals surface area contributed by atoms with E-state index < -0.39 is 5.91 Å². The van der Waals surface area contributed by atoms with Gasteiger partial charge in [0, 0.05) is 24.6 Å². The molecular formula is C23H20ClN3O4. The normalized spacial score (nSPS) is 15.2. The Bertz CT molecular complexity index is 1170. The zero-order chi connectivity index (χ0) is 22.0. The number of fused-ring (bicyclic) bond motifs is 1. The second-order valence-electron chi connectivity index (χ2n) is 7.12. The molecule has 158 valence electrons. The lowest BCUT2D eigenvalue weighted by molar-refractivity contribution is 0.0962. The topological polar surface area (TPSA) is 90.4 Å². The standard InChI is InChI=1S/C23H20ClN3O4/c1-30-14-7-8-15(21(11-14)31-2)13-9-19-17(20(28)10-13)12-25-23(26-19)27-22(29)16-5-3-4-6-18(16)24/h3-8,11-13H,9-10H2,1-2H3,(H,25,26,27,29)/t13-/m0/s1. The van der Waals surface area contributed by atoms with Crippen molar-refractivity contribution >= 4 is 29.2 Å². The van der Waals surface area contributed by atoms with Gasteiger partial charge in [-0.05, 0) is 30.2 Å². The van der Waals surface area contributed by atoms with Crippen molar-refractivity contribution in [3.05, 3.63) is 76.1 Å². The van der Waals surface area contributed by atoms with Gasteiger partial charge >= 0.3 is 0 Å². The van der Waals surface area contributed by atoms with E-state index in [1.165, 1.54) is 6.20 Å². The maximum Gasteiger partial charge on any atom is 0.259 e. The van der Waals surface area contributed by atoms with Crippen LogP contribution in [0.2, 0.25) is 5.02 Å². The predicted octanol–water partition coefficient (Wildman–Crippen LogP) is 4.31. The summed E-state index contributed by atoms with van der Waals surface area (Å²) in [6.07, 6.45) is 2.31. The second-order valence-corrected chi connectivity index (χ2v) is 7.53. The van der Waals surface area contributed by atoms with Gasteiger partial charge in [0.2, 0.25) is 5.95 Å². The van der Waals surface area contributed by atoms with Crippen molar-refractivity contribution in [2.45, 2.75) is 18.8 Å². The monoisotopic (exact) mass is 437 g/mol. The van der Waals surface area contributed by atoms with Gasteiger partial charge in [0.25, 0.3) is 5.91 Å². The van der Waals surface area contributed by atoms with E-state index in [2.05, 4.69) is 15.3 Å². The third kappa shape index (κ3) is 4.22. The Hall–Kier alpha value is -3.45. The molecule has 1 aliphatic carbocycles. The van der Waals surface area contributed by atoms with Crippen molar-refractivity contribution < 1.29 is 19.1 Å². The molecule has 0 unspecified atom stereocenters. The van der Waals surface area contributed by atoms with E-state index in [9.17, 15) is 9.59 Å². The quantitative estimate of drug-likeness (QED) is 0.639. The summed E-state index contributed by atoms with van der Waals surface area (Å²) in [5.74, 6) is 0.882. The second kappa shape index (κ2) is 8.73. The maximum absolute atomic E-state index is 12.7. The number of carbonyl (C=O) groups is 2. The molecule has 0 radical (unpaired) electrons. The van der Waals surface area contributed by atoms with Crippen LogP contribution in [-0.2, 0) is 6.42 Å². The lowest BCUT2D eigenvalue weighted by atomic mass is 9.82. The van der Waals surface area contributed by atoms with Crippen molar-refractivity contribution in [3.63, 3.8) is 0 Å². The van der Waals surface area contributed by atoms with Crippen LogP contribution in [-0.4, -0.2) is 35.9 Å². The van der Waals surface area contributed by atoms with E-state index in [-0.39, 0.29) is 17.6 Å². The molecule has 1 aromatic heterocycles. The molecule has 0 fully saturated rings. The van der Waals surface area contributed by atoms with E-state index in [4.69, 9.17) is 21.1 Å². The highest BCUT2D eigenvalue weighted by atomic mass is 35.5. The van der Waals surface area contributed by atoms with Crippen LogP contribution in [0.3, 0.4) is 0 Å². The molecule has 4 rings (SSSR count). The van der Waals surface area contributed by atoms with E-state index in [0.29, 0.717) is 46.2 Å². The molecule has 1 N–H and O–H groups in total. The van der Waals surface area contributed by atoms with Crippen LogP contribution in [0.4, 0.5) is 5.95 Å². The summed E-state index contributed by atoms with van der Waals surface area (Å²) in [6, 6.07) is 12.3. The van der Waals surface area contributed by atoms with Gasteiger partial charge < -0.3 is 9.47 Å². The molecule has 8 heteroatoms. The summed E-state index contributed by atoms with van der Waals surface area (Å²) >= 11 is 6.09. The van der Waals surface area contributed by atoms with E-state index in [0.717, 1.165) is 5.56 Å². The summed E-state index contributed by atoms with van der Waals surface area (Å²) in [5.41, 5.74) is 2.29. The number of hydrogen-bond donors (Lipinski definition) is 1. The van der Waals surface area contributed by atoms with E-state index in [1.54, 1.807) is 44.6 Å². The lowest BCUT2D eigenvalue weighted by Gasteiger charge is -2.25. The van der Waals surface area contributed by atoms with Crippen LogP contribution >= 0.6 is 11.6 Å². The fourth-order valence-corrected chi connectivity index (χ4v) is 3.92. The summed E-state index contributed by atoms with van der Waals surface area (Å²) in [5, 5.41) is 2.99. The van der Waals surface area contributed by atoms with Gasteiger partial charge in [-0.25, -0.2) is 9.97 Å². The number of methoxy groups -OCH3 is 2. The number of benzene rings is 2. The fourth-order valence-electron chi connectivity index (χ4n) is 3.70. The summed E-state index contributed by atoms with van der Waals surface area (Å²) in [6.45, 7) is 0. The molecule has 1 heterocycles. The van der Waals surface area contributed by atoms with Crippen LogP contribution < -0.4 is 14.8 Å². The minimum Gasteiger partial charge on any atom is -0.497 e. The molecule has 0 bridgehead atoms. The average Bonchev–Trinajstić information content (AvgIpc) is 2.78. The first-order chi connectivity index (χ1) is 15.0. The lowest BCUT2D eigenvalue weighted by Crippen LogP contribution is -2.23. The number of anilines is 1. The number of ketones is 1. The van der Waals surface area contributed by atoms with Gasteiger partial charge in [-0.15, -0.1) is 0 Å².